The number of carbonyl (C=O) groups excluding carboxylic acids is 1. The Bertz CT molecular complexity index is 530. The first-order chi connectivity index (χ1) is 9.88. The van der Waals surface area contributed by atoms with Gasteiger partial charge in [0.15, 0.2) is 0 Å². The van der Waals surface area contributed by atoms with E-state index >= 15 is 0 Å². The van der Waals surface area contributed by atoms with Gasteiger partial charge in [-0.05, 0) is 25.0 Å². The molecule has 116 valence electrons. The topological polar surface area (TPSA) is 87.7 Å². The third-order valence-corrected chi connectivity index (χ3v) is 3.69. The third kappa shape index (κ3) is 4.01. The highest BCUT2D eigenvalue weighted by atomic mass is 35.5. The summed E-state index contributed by atoms with van der Waals surface area (Å²) in [5.74, 6) is -0.638. The minimum atomic E-state index is -1.28. The quantitative estimate of drug-likeness (QED) is 0.753. The van der Waals surface area contributed by atoms with E-state index in [-0.39, 0.29) is 12.8 Å². The molecule has 0 unspecified atom stereocenters. The van der Waals surface area contributed by atoms with E-state index in [0.717, 1.165) is 0 Å². The highest BCUT2D eigenvalue weighted by molar-refractivity contribution is 6.32. The van der Waals surface area contributed by atoms with Gasteiger partial charge >= 0.3 is 12.0 Å². The van der Waals surface area contributed by atoms with Crippen LogP contribution in [0.1, 0.15) is 26.7 Å². The van der Waals surface area contributed by atoms with Crippen molar-refractivity contribution in [1.82, 2.24) is 5.32 Å². The Balaban J connectivity index is 2.84. The standard InChI is InChI=1S/C14H19ClN2O4/c1-4-14(5-2,12(18)19)17-13(20)16-9-6-7-10(15)11(8-9)21-3/h6-8H,4-5H2,1-3H3,(H,18,19)(H2,16,17,20). The van der Waals surface area contributed by atoms with Gasteiger partial charge in [0.25, 0.3) is 0 Å². The van der Waals surface area contributed by atoms with Crippen LogP contribution in [0.25, 0.3) is 0 Å². The molecule has 0 saturated heterocycles. The summed E-state index contributed by atoms with van der Waals surface area (Å²) >= 11 is 5.89. The number of nitrogens with one attached hydrogen (secondary N) is 2. The molecule has 1 aromatic rings. The van der Waals surface area contributed by atoms with Gasteiger partial charge in [-0.3, -0.25) is 0 Å². The molecule has 0 fully saturated rings. The highest BCUT2D eigenvalue weighted by Gasteiger charge is 2.36. The van der Waals surface area contributed by atoms with Crippen LogP contribution in [0.3, 0.4) is 0 Å². The number of urea groups is 1. The first-order valence-corrected chi connectivity index (χ1v) is 6.92. The normalized spacial score (nSPS) is 10.9. The van der Waals surface area contributed by atoms with E-state index in [1.807, 2.05) is 0 Å². The molecule has 0 aromatic heterocycles. The zero-order valence-corrected chi connectivity index (χ0v) is 13.0. The second-order valence-electron chi connectivity index (χ2n) is 4.52. The lowest BCUT2D eigenvalue weighted by atomic mass is 9.93. The number of carboxylic acids is 1. The van der Waals surface area contributed by atoms with Crippen molar-refractivity contribution >= 4 is 29.3 Å². The number of halogens is 1. The van der Waals surface area contributed by atoms with Crippen molar-refractivity contribution in [3.05, 3.63) is 23.2 Å². The molecular weight excluding hydrogens is 296 g/mol. The van der Waals surface area contributed by atoms with Crippen molar-refractivity contribution in [3.8, 4) is 5.75 Å². The first-order valence-electron chi connectivity index (χ1n) is 6.54. The van der Waals surface area contributed by atoms with Crippen LogP contribution in [-0.4, -0.2) is 29.8 Å². The van der Waals surface area contributed by atoms with Crippen LogP contribution in [-0.2, 0) is 4.79 Å². The van der Waals surface area contributed by atoms with Crippen molar-refractivity contribution < 1.29 is 19.4 Å². The first kappa shape index (κ1) is 17.1. The fraction of sp³-hybridized carbons (Fsp3) is 0.429. The third-order valence-electron chi connectivity index (χ3n) is 3.38. The number of carboxylic acid groups (broad SMARTS) is 1. The number of rotatable bonds is 6. The van der Waals surface area contributed by atoms with E-state index in [4.69, 9.17) is 16.3 Å². The van der Waals surface area contributed by atoms with Crippen LogP contribution in [0.5, 0.6) is 5.75 Å². The number of amides is 2. The lowest BCUT2D eigenvalue weighted by molar-refractivity contribution is -0.144. The molecule has 2 amide bonds. The Hall–Kier alpha value is -1.95. The SMILES string of the molecule is CCC(CC)(NC(=O)Nc1ccc(Cl)c(OC)c1)C(=O)O. The number of carbonyl (C=O) groups is 2. The van der Waals surface area contributed by atoms with Gasteiger partial charge in [0, 0.05) is 11.8 Å². The zero-order valence-electron chi connectivity index (χ0n) is 12.2. The second kappa shape index (κ2) is 7.17. The summed E-state index contributed by atoms with van der Waals surface area (Å²) in [6.07, 6.45) is 0.576. The van der Waals surface area contributed by atoms with Crippen LogP contribution in [0.4, 0.5) is 10.5 Å². The largest absolute Gasteiger partial charge is 0.495 e. The van der Waals surface area contributed by atoms with E-state index in [9.17, 15) is 14.7 Å². The number of ether oxygens (including phenoxy) is 1. The Morgan fingerprint density at radius 3 is 2.43 bits per heavy atom. The molecule has 0 heterocycles. The summed E-state index contributed by atoms with van der Waals surface area (Å²) in [6, 6.07) is 4.15. The molecule has 0 spiro atoms. The monoisotopic (exact) mass is 314 g/mol. The second-order valence-corrected chi connectivity index (χ2v) is 4.93. The van der Waals surface area contributed by atoms with Crippen LogP contribution in [0.2, 0.25) is 5.02 Å². The number of hydrogen-bond donors (Lipinski definition) is 3. The van der Waals surface area contributed by atoms with Crippen molar-refractivity contribution in [2.45, 2.75) is 32.2 Å². The van der Waals surface area contributed by atoms with Crippen molar-refractivity contribution in [1.29, 1.82) is 0 Å². The van der Waals surface area contributed by atoms with Crippen molar-refractivity contribution in [3.63, 3.8) is 0 Å². The fourth-order valence-corrected chi connectivity index (χ4v) is 2.09. The molecule has 1 aromatic carbocycles. The maximum absolute atomic E-state index is 12.0. The Morgan fingerprint density at radius 2 is 1.95 bits per heavy atom. The lowest BCUT2D eigenvalue weighted by Gasteiger charge is -2.28. The molecule has 3 N–H and O–H groups in total. The van der Waals surface area contributed by atoms with Crippen LogP contribution in [0, 0.1) is 0 Å². The molecule has 0 radical (unpaired) electrons. The van der Waals surface area contributed by atoms with Gasteiger partial charge < -0.3 is 20.5 Å². The maximum Gasteiger partial charge on any atom is 0.329 e. The molecule has 21 heavy (non-hydrogen) atoms. The molecule has 0 bridgehead atoms. The summed E-state index contributed by atoms with van der Waals surface area (Å²) in [5, 5.41) is 14.8. The average Bonchev–Trinajstić information content (AvgIpc) is 2.46. The van der Waals surface area contributed by atoms with Gasteiger partial charge in [0.05, 0.1) is 12.1 Å². The van der Waals surface area contributed by atoms with Crippen LogP contribution >= 0.6 is 11.6 Å². The smallest absolute Gasteiger partial charge is 0.329 e. The molecule has 1 rings (SSSR count). The van der Waals surface area contributed by atoms with Crippen molar-refractivity contribution in [2.75, 3.05) is 12.4 Å². The molecule has 0 saturated carbocycles. The van der Waals surface area contributed by atoms with Gasteiger partial charge in [-0.15, -0.1) is 0 Å². The number of methoxy groups -OCH3 is 1. The number of anilines is 1. The number of benzene rings is 1. The predicted octanol–water partition coefficient (Wildman–Crippen LogP) is 3.11. The van der Waals surface area contributed by atoms with Crippen LogP contribution in [0.15, 0.2) is 18.2 Å². The Kier molecular flexibility index (Phi) is 5.84. The Morgan fingerprint density at radius 1 is 1.33 bits per heavy atom. The van der Waals surface area contributed by atoms with Gasteiger partial charge in [0.2, 0.25) is 0 Å². The van der Waals surface area contributed by atoms with Crippen LogP contribution < -0.4 is 15.4 Å². The minimum absolute atomic E-state index is 0.288. The van der Waals surface area contributed by atoms with E-state index in [2.05, 4.69) is 10.6 Å². The van der Waals surface area contributed by atoms with E-state index in [1.165, 1.54) is 7.11 Å². The fourth-order valence-electron chi connectivity index (χ4n) is 1.90. The van der Waals surface area contributed by atoms with Gasteiger partial charge in [-0.1, -0.05) is 25.4 Å². The Labute approximate surface area is 128 Å². The summed E-state index contributed by atoms with van der Waals surface area (Å²) < 4.78 is 5.05. The molecule has 0 aliphatic heterocycles. The molecule has 0 atom stereocenters. The van der Waals surface area contributed by atoms with Gasteiger partial charge in [-0.2, -0.15) is 0 Å². The van der Waals surface area contributed by atoms with Crippen molar-refractivity contribution in [2.24, 2.45) is 0 Å². The van der Waals surface area contributed by atoms with E-state index in [0.29, 0.717) is 16.5 Å². The average molecular weight is 315 g/mol. The lowest BCUT2D eigenvalue weighted by Crippen LogP contribution is -2.54. The molecule has 0 aliphatic rings. The number of hydrogen-bond acceptors (Lipinski definition) is 3. The highest BCUT2D eigenvalue weighted by Crippen LogP contribution is 2.27. The maximum atomic E-state index is 12.0. The molecule has 0 aliphatic carbocycles. The summed E-state index contributed by atoms with van der Waals surface area (Å²) in [7, 11) is 1.47. The predicted molar refractivity (Wildman–Crippen MR) is 81.1 cm³/mol. The number of aliphatic carboxylic acids is 1. The summed E-state index contributed by atoms with van der Waals surface area (Å²) in [4.78, 5) is 23.3. The van der Waals surface area contributed by atoms with Gasteiger partial charge in [0.1, 0.15) is 11.3 Å². The molecule has 6 nitrogen and oxygen atoms in total. The molecular formula is C14H19ClN2O4. The zero-order chi connectivity index (χ0) is 16.0. The molecule has 7 heteroatoms. The van der Waals surface area contributed by atoms with E-state index < -0.39 is 17.5 Å². The summed E-state index contributed by atoms with van der Waals surface area (Å²) in [5.41, 5.74) is -0.819. The van der Waals surface area contributed by atoms with E-state index in [1.54, 1.807) is 32.0 Å². The summed E-state index contributed by atoms with van der Waals surface area (Å²) in [6.45, 7) is 3.42. The van der Waals surface area contributed by atoms with Gasteiger partial charge in [-0.25, -0.2) is 9.59 Å². The minimum Gasteiger partial charge on any atom is -0.495 e.